The lowest BCUT2D eigenvalue weighted by atomic mass is 9.70. The van der Waals surface area contributed by atoms with Gasteiger partial charge in [-0.25, -0.2) is 4.98 Å². The molecular weight excluding hydrogens is 324 g/mol. The fourth-order valence-corrected chi connectivity index (χ4v) is 4.16. The Balaban J connectivity index is 1.56. The van der Waals surface area contributed by atoms with E-state index in [0.717, 1.165) is 25.7 Å². The lowest BCUT2D eigenvalue weighted by molar-refractivity contribution is -0.151. The van der Waals surface area contributed by atoms with E-state index in [1.807, 2.05) is 5.38 Å². The van der Waals surface area contributed by atoms with E-state index in [1.165, 1.54) is 21.8 Å². The molecule has 0 aliphatic heterocycles. The van der Waals surface area contributed by atoms with Gasteiger partial charge in [0.05, 0.1) is 11.6 Å². The van der Waals surface area contributed by atoms with Crippen LogP contribution in [-0.4, -0.2) is 15.4 Å². The first-order chi connectivity index (χ1) is 11.3. The minimum absolute atomic E-state index is 0.0184. The van der Waals surface area contributed by atoms with Crippen LogP contribution in [0.25, 0.3) is 4.96 Å². The van der Waals surface area contributed by atoms with E-state index in [4.69, 9.17) is 4.74 Å². The highest BCUT2D eigenvalue weighted by Crippen LogP contribution is 2.40. The van der Waals surface area contributed by atoms with Crippen LogP contribution in [0.3, 0.4) is 0 Å². The van der Waals surface area contributed by atoms with E-state index < -0.39 is 0 Å². The lowest BCUT2D eigenvalue weighted by Gasteiger charge is -2.36. The monoisotopic (exact) mass is 348 g/mol. The molecule has 130 valence electrons. The van der Waals surface area contributed by atoms with Crippen molar-refractivity contribution in [2.24, 2.45) is 17.3 Å². The van der Waals surface area contributed by atoms with Gasteiger partial charge in [-0.15, -0.1) is 11.3 Å². The highest BCUT2D eigenvalue weighted by molar-refractivity contribution is 7.15. The molecule has 0 bridgehead atoms. The van der Waals surface area contributed by atoms with Crippen molar-refractivity contribution in [3.05, 3.63) is 33.7 Å². The van der Waals surface area contributed by atoms with E-state index in [0.29, 0.717) is 22.0 Å². The van der Waals surface area contributed by atoms with Crippen molar-refractivity contribution in [2.45, 2.75) is 53.1 Å². The SMILES string of the molecule is CC(C)(C)C1CCC(C(=O)OCc2cc(=O)n3ccsc3n2)CC1. The Bertz CT molecular complexity index is 779. The molecule has 2 aromatic heterocycles. The van der Waals surface area contributed by atoms with E-state index in [2.05, 4.69) is 25.8 Å². The summed E-state index contributed by atoms with van der Waals surface area (Å²) in [4.78, 5) is 29.2. The van der Waals surface area contributed by atoms with Crippen molar-refractivity contribution in [3.63, 3.8) is 0 Å². The summed E-state index contributed by atoms with van der Waals surface area (Å²) < 4.78 is 6.91. The molecule has 1 saturated carbocycles. The van der Waals surface area contributed by atoms with Crippen molar-refractivity contribution in [2.75, 3.05) is 0 Å². The summed E-state index contributed by atoms with van der Waals surface area (Å²) in [7, 11) is 0. The van der Waals surface area contributed by atoms with Crippen LogP contribution in [0.1, 0.15) is 52.1 Å². The van der Waals surface area contributed by atoms with E-state index in [9.17, 15) is 9.59 Å². The molecule has 5 nitrogen and oxygen atoms in total. The number of hydrogen-bond acceptors (Lipinski definition) is 5. The number of rotatable bonds is 3. The summed E-state index contributed by atoms with van der Waals surface area (Å²) in [5.41, 5.74) is 0.675. The van der Waals surface area contributed by atoms with Crippen LogP contribution in [0.4, 0.5) is 0 Å². The Morgan fingerprint density at radius 2 is 2.04 bits per heavy atom. The molecule has 1 aliphatic rings. The third-order valence-corrected chi connectivity index (χ3v) is 5.76. The molecule has 0 unspecified atom stereocenters. The molecule has 0 amide bonds. The number of thiazole rings is 1. The predicted molar refractivity (Wildman–Crippen MR) is 94.0 cm³/mol. The number of nitrogens with zero attached hydrogens (tertiary/aromatic N) is 2. The molecule has 0 radical (unpaired) electrons. The van der Waals surface area contributed by atoms with Crippen molar-refractivity contribution in [1.29, 1.82) is 0 Å². The summed E-state index contributed by atoms with van der Waals surface area (Å²) in [6, 6.07) is 1.43. The Kier molecular flexibility index (Phi) is 4.76. The fraction of sp³-hybridized carbons (Fsp3) is 0.611. The second kappa shape index (κ2) is 6.67. The van der Waals surface area contributed by atoms with Crippen LogP contribution in [0.15, 0.2) is 22.4 Å². The average Bonchev–Trinajstić information content (AvgIpc) is 3.01. The third-order valence-electron chi connectivity index (χ3n) is 5.00. The van der Waals surface area contributed by atoms with E-state index >= 15 is 0 Å². The van der Waals surface area contributed by atoms with Crippen LogP contribution in [0, 0.1) is 17.3 Å². The third kappa shape index (κ3) is 3.69. The molecule has 0 saturated heterocycles. The number of esters is 1. The van der Waals surface area contributed by atoms with Crippen molar-refractivity contribution in [3.8, 4) is 0 Å². The second-order valence-electron chi connectivity index (χ2n) is 7.66. The molecule has 0 N–H and O–H groups in total. The van der Waals surface area contributed by atoms with Gasteiger partial charge in [0.1, 0.15) is 6.61 Å². The van der Waals surface area contributed by atoms with E-state index in [1.54, 1.807) is 6.20 Å². The Labute approximate surface area is 145 Å². The van der Waals surface area contributed by atoms with Crippen molar-refractivity contribution < 1.29 is 9.53 Å². The molecule has 0 aromatic carbocycles. The van der Waals surface area contributed by atoms with Crippen LogP contribution < -0.4 is 5.56 Å². The van der Waals surface area contributed by atoms with Gasteiger partial charge < -0.3 is 4.74 Å². The molecule has 0 atom stereocenters. The number of ether oxygens (including phenoxy) is 1. The molecule has 24 heavy (non-hydrogen) atoms. The van der Waals surface area contributed by atoms with Gasteiger partial charge in [-0.3, -0.25) is 14.0 Å². The summed E-state index contributed by atoms with van der Waals surface area (Å²) in [5, 5.41) is 1.81. The molecule has 2 aromatic rings. The average molecular weight is 348 g/mol. The largest absolute Gasteiger partial charge is 0.459 e. The first-order valence-corrected chi connectivity index (χ1v) is 9.35. The Morgan fingerprint density at radius 1 is 1.33 bits per heavy atom. The molecule has 1 aliphatic carbocycles. The smallest absolute Gasteiger partial charge is 0.309 e. The fourth-order valence-electron chi connectivity index (χ4n) is 3.42. The maximum atomic E-state index is 12.3. The van der Waals surface area contributed by atoms with Gasteiger partial charge in [0.25, 0.3) is 5.56 Å². The lowest BCUT2D eigenvalue weighted by Crippen LogP contribution is -2.29. The van der Waals surface area contributed by atoms with Gasteiger partial charge in [0.15, 0.2) is 4.96 Å². The minimum Gasteiger partial charge on any atom is -0.459 e. The molecule has 0 spiro atoms. The number of fused-ring (bicyclic) bond motifs is 1. The topological polar surface area (TPSA) is 60.7 Å². The van der Waals surface area contributed by atoms with Gasteiger partial charge >= 0.3 is 5.97 Å². The zero-order valence-corrected chi connectivity index (χ0v) is 15.3. The Hall–Kier alpha value is -1.69. The minimum atomic E-state index is -0.157. The van der Waals surface area contributed by atoms with Crippen LogP contribution >= 0.6 is 11.3 Å². The first kappa shape index (κ1) is 17.1. The zero-order valence-electron chi connectivity index (χ0n) is 14.4. The molecule has 2 heterocycles. The maximum absolute atomic E-state index is 12.3. The molecule has 6 heteroatoms. The number of carbonyl (C=O) groups is 1. The van der Waals surface area contributed by atoms with Crippen LogP contribution in [0.2, 0.25) is 0 Å². The van der Waals surface area contributed by atoms with E-state index in [-0.39, 0.29) is 24.1 Å². The van der Waals surface area contributed by atoms with Gasteiger partial charge in [-0.1, -0.05) is 20.8 Å². The highest BCUT2D eigenvalue weighted by atomic mass is 32.1. The normalized spacial score (nSPS) is 21.8. The van der Waals surface area contributed by atoms with Gasteiger partial charge in [0, 0.05) is 17.6 Å². The first-order valence-electron chi connectivity index (χ1n) is 8.47. The number of aromatic nitrogens is 2. The highest BCUT2D eigenvalue weighted by Gasteiger charge is 2.33. The predicted octanol–water partition coefficient (Wildman–Crippen LogP) is 3.65. The van der Waals surface area contributed by atoms with Crippen LogP contribution in [-0.2, 0) is 16.1 Å². The molecule has 3 rings (SSSR count). The molecular formula is C18H24N2O3S. The van der Waals surface area contributed by atoms with Gasteiger partial charge in [0.2, 0.25) is 0 Å². The summed E-state index contributed by atoms with van der Waals surface area (Å²) in [6.07, 6.45) is 5.62. The number of hydrogen-bond donors (Lipinski definition) is 0. The quantitative estimate of drug-likeness (QED) is 0.794. The maximum Gasteiger partial charge on any atom is 0.309 e. The zero-order chi connectivity index (χ0) is 17.3. The summed E-state index contributed by atoms with van der Waals surface area (Å²) in [5.74, 6) is 0.496. The number of carbonyl (C=O) groups excluding carboxylic acids is 1. The standard InChI is InChI=1S/C18H24N2O3S/c1-18(2,3)13-6-4-12(5-7-13)16(22)23-11-14-10-15(21)20-8-9-24-17(20)19-14/h8-10,12-13H,4-7,11H2,1-3H3. The Morgan fingerprint density at radius 3 is 2.71 bits per heavy atom. The van der Waals surface area contributed by atoms with Crippen molar-refractivity contribution in [1.82, 2.24) is 9.38 Å². The van der Waals surface area contributed by atoms with Crippen molar-refractivity contribution >= 4 is 22.3 Å². The summed E-state index contributed by atoms with van der Waals surface area (Å²) >= 11 is 1.39. The van der Waals surface area contributed by atoms with Gasteiger partial charge in [-0.05, 0) is 37.0 Å². The molecule has 1 fully saturated rings. The van der Waals surface area contributed by atoms with Crippen LogP contribution in [0.5, 0.6) is 0 Å². The second-order valence-corrected chi connectivity index (χ2v) is 8.54. The van der Waals surface area contributed by atoms with Gasteiger partial charge in [-0.2, -0.15) is 0 Å². The summed E-state index contributed by atoms with van der Waals surface area (Å²) in [6.45, 7) is 6.87.